The van der Waals surface area contributed by atoms with Crippen molar-refractivity contribution in [3.63, 3.8) is 0 Å². The highest BCUT2D eigenvalue weighted by atomic mass is 31.1. The van der Waals surface area contributed by atoms with Crippen molar-refractivity contribution < 1.29 is 5.11 Å². The van der Waals surface area contributed by atoms with Gasteiger partial charge in [-0.2, -0.15) is 0 Å². The summed E-state index contributed by atoms with van der Waals surface area (Å²) in [6.07, 6.45) is 4.81. The van der Waals surface area contributed by atoms with E-state index in [-0.39, 0.29) is 12.1 Å². The number of hydrogen-bond donors (Lipinski definition) is 1. The second-order valence-electron chi connectivity index (χ2n) is 2.74. The molecule has 0 spiro atoms. The lowest BCUT2D eigenvalue weighted by Crippen LogP contribution is -2.32. The largest absolute Gasteiger partial charge is 0.396 e. The lowest BCUT2D eigenvalue weighted by Gasteiger charge is -2.32. The fourth-order valence-corrected chi connectivity index (χ4v) is 1.31. The van der Waals surface area contributed by atoms with E-state index >= 15 is 0 Å². The van der Waals surface area contributed by atoms with E-state index in [4.69, 9.17) is 5.11 Å². The van der Waals surface area contributed by atoms with Crippen molar-refractivity contribution in [1.29, 1.82) is 0 Å². The summed E-state index contributed by atoms with van der Waals surface area (Å²) < 4.78 is 1.95. The average Bonchev–Trinajstić information content (AvgIpc) is 1.88. The van der Waals surface area contributed by atoms with Crippen molar-refractivity contribution in [3.8, 4) is 0 Å². The highest BCUT2D eigenvalue weighted by Crippen LogP contribution is 2.28. The van der Waals surface area contributed by atoms with Crippen LogP contribution in [0.2, 0.25) is 0 Å². The van der Waals surface area contributed by atoms with Gasteiger partial charge in [-0.05, 0) is 20.3 Å². The molecule has 0 saturated heterocycles. The van der Waals surface area contributed by atoms with Crippen LogP contribution in [0.25, 0.3) is 0 Å². The standard InChI is InChI=1S/C7H17NOP2/c1-3-4-7(2,5-6-9)8(10)11/h3-4,9H,5-6,10-11H2,1-2H3/b4-3+/t7-/m1/s1. The number of aliphatic hydroxyl groups excluding tert-OH is 1. The maximum absolute atomic E-state index is 8.80. The first kappa shape index (κ1) is 11.5. The molecular formula is C7H17NOP2. The first-order valence-corrected chi connectivity index (χ1v) is 4.64. The van der Waals surface area contributed by atoms with Gasteiger partial charge in [0, 0.05) is 12.1 Å². The molecule has 2 unspecified atom stereocenters. The van der Waals surface area contributed by atoms with Crippen LogP contribution in [0.1, 0.15) is 20.3 Å². The molecule has 0 bridgehead atoms. The Kier molecular flexibility index (Phi) is 5.46. The van der Waals surface area contributed by atoms with Crippen molar-refractivity contribution in [2.24, 2.45) is 0 Å². The SMILES string of the molecule is C/C=C/[C@](C)(CCO)N(P)P. The Labute approximate surface area is 73.6 Å². The summed E-state index contributed by atoms with van der Waals surface area (Å²) in [4.78, 5) is 0. The van der Waals surface area contributed by atoms with Gasteiger partial charge in [0.1, 0.15) is 0 Å². The molecule has 0 aliphatic rings. The van der Waals surface area contributed by atoms with Crippen molar-refractivity contribution in [2.75, 3.05) is 6.61 Å². The van der Waals surface area contributed by atoms with Crippen molar-refractivity contribution in [2.45, 2.75) is 25.8 Å². The molecule has 4 heteroatoms. The number of nitrogens with zero attached hydrogens (tertiary/aromatic N) is 1. The molecule has 0 saturated carbocycles. The lowest BCUT2D eigenvalue weighted by molar-refractivity contribution is 0.237. The number of hydrogen-bond acceptors (Lipinski definition) is 2. The minimum absolute atomic E-state index is 0.0706. The van der Waals surface area contributed by atoms with Gasteiger partial charge in [-0.3, -0.25) is 4.44 Å². The summed E-state index contributed by atoms with van der Waals surface area (Å²) in [5, 5.41) is 8.80. The monoisotopic (exact) mass is 193 g/mol. The van der Waals surface area contributed by atoms with Crippen LogP contribution in [0.5, 0.6) is 0 Å². The predicted molar refractivity (Wildman–Crippen MR) is 56.2 cm³/mol. The third-order valence-corrected chi connectivity index (χ3v) is 2.91. The van der Waals surface area contributed by atoms with Crippen LogP contribution >= 0.6 is 18.8 Å². The second-order valence-corrected chi connectivity index (χ2v) is 4.45. The molecule has 0 aromatic heterocycles. The molecule has 2 nitrogen and oxygen atoms in total. The van der Waals surface area contributed by atoms with Crippen LogP contribution in [0.4, 0.5) is 0 Å². The summed E-state index contributed by atoms with van der Waals surface area (Å²) in [6, 6.07) is 0. The number of aliphatic hydroxyl groups is 1. The Hall–Kier alpha value is 0.520. The minimum atomic E-state index is -0.0706. The first-order valence-electron chi connectivity index (χ1n) is 3.61. The van der Waals surface area contributed by atoms with E-state index < -0.39 is 0 Å². The van der Waals surface area contributed by atoms with Gasteiger partial charge in [-0.1, -0.05) is 30.9 Å². The topological polar surface area (TPSA) is 23.5 Å². The quantitative estimate of drug-likeness (QED) is 0.541. The molecule has 0 fully saturated rings. The van der Waals surface area contributed by atoms with Gasteiger partial charge in [0.25, 0.3) is 0 Å². The molecule has 1 N–H and O–H groups in total. The predicted octanol–water partition coefficient (Wildman–Crippen LogP) is 1.59. The fourth-order valence-electron chi connectivity index (χ4n) is 0.884. The van der Waals surface area contributed by atoms with E-state index in [1.165, 1.54) is 0 Å². The zero-order chi connectivity index (χ0) is 8.91. The van der Waals surface area contributed by atoms with Crippen LogP contribution < -0.4 is 0 Å². The van der Waals surface area contributed by atoms with E-state index in [9.17, 15) is 0 Å². The van der Waals surface area contributed by atoms with E-state index in [1.807, 2.05) is 17.4 Å². The maximum atomic E-state index is 8.80. The Morgan fingerprint density at radius 2 is 2.09 bits per heavy atom. The van der Waals surface area contributed by atoms with Gasteiger partial charge in [-0.15, -0.1) is 0 Å². The van der Waals surface area contributed by atoms with E-state index in [0.29, 0.717) is 0 Å². The van der Waals surface area contributed by atoms with Gasteiger partial charge in [0.15, 0.2) is 0 Å². The molecule has 0 rings (SSSR count). The molecule has 0 aromatic rings. The van der Waals surface area contributed by atoms with Gasteiger partial charge in [0.05, 0.1) is 0 Å². The summed E-state index contributed by atoms with van der Waals surface area (Å²) in [7, 11) is 5.17. The minimum Gasteiger partial charge on any atom is -0.396 e. The van der Waals surface area contributed by atoms with Crippen LogP contribution in [-0.2, 0) is 0 Å². The normalized spacial score (nSPS) is 17.6. The molecule has 0 amide bonds. The molecule has 0 heterocycles. The van der Waals surface area contributed by atoms with E-state index in [1.54, 1.807) is 0 Å². The fraction of sp³-hybridized carbons (Fsp3) is 0.714. The Morgan fingerprint density at radius 1 is 1.55 bits per heavy atom. The third-order valence-electron chi connectivity index (χ3n) is 1.73. The van der Waals surface area contributed by atoms with Gasteiger partial charge in [-0.25, -0.2) is 0 Å². The second kappa shape index (κ2) is 5.22. The Balaban J connectivity index is 4.25. The number of allylic oxidation sites excluding steroid dienone is 1. The Morgan fingerprint density at radius 3 is 2.36 bits per heavy atom. The van der Waals surface area contributed by atoms with Crippen LogP contribution in [0, 0.1) is 0 Å². The highest BCUT2D eigenvalue weighted by molar-refractivity contribution is 7.31. The molecule has 0 radical (unpaired) electrons. The van der Waals surface area contributed by atoms with Gasteiger partial charge >= 0.3 is 0 Å². The van der Waals surface area contributed by atoms with Crippen molar-refractivity contribution >= 4 is 18.8 Å². The third kappa shape index (κ3) is 3.62. The van der Waals surface area contributed by atoms with Crippen LogP contribution in [0.15, 0.2) is 12.2 Å². The molecule has 66 valence electrons. The molecule has 0 aliphatic carbocycles. The van der Waals surface area contributed by atoms with Crippen molar-refractivity contribution in [3.05, 3.63) is 12.2 Å². The van der Waals surface area contributed by atoms with E-state index in [0.717, 1.165) is 6.42 Å². The average molecular weight is 193 g/mol. The van der Waals surface area contributed by atoms with Crippen molar-refractivity contribution in [1.82, 2.24) is 4.44 Å². The van der Waals surface area contributed by atoms with Gasteiger partial charge in [0.2, 0.25) is 0 Å². The molecule has 0 aromatic carbocycles. The van der Waals surface area contributed by atoms with Crippen LogP contribution in [-0.4, -0.2) is 21.7 Å². The van der Waals surface area contributed by atoms with E-state index in [2.05, 4.69) is 31.8 Å². The summed E-state index contributed by atoms with van der Waals surface area (Å²) >= 11 is 0. The van der Waals surface area contributed by atoms with Gasteiger partial charge < -0.3 is 5.11 Å². The van der Waals surface area contributed by atoms with Crippen LogP contribution in [0.3, 0.4) is 0 Å². The molecule has 3 atom stereocenters. The number of rotatable bonds is 4. The maximum Gasteiger partial charge on any atom is 0.0451 e. The lowest BCUT2D eigenvalue weighted by atomic mass is 9.99. The molecule has 0 aliphatic heterocycles. The summed E-state index contributed by atoms with van der Waals surface area (Å²) in [5.74, 6) is 0. The summed E-state index contributed by atoms with van der Waals surface area (Å²) in [5.41, 5.74) is -0.0706. The molecular weight excluding hydrogens is 176 g/mol. The first-order chi connectivity index (χ1) is 5.06. The Bertz CT molecular complexity index is 138. The zero-order valence-corrected chi connectivity index (χ0v) is 9.43. The molecule has 11 heavy (non-hydrogen) atoms. The zero-order valence-electron chi connectivity index (χ0n) is 7.12. The summed E-state index contributed by atoms with van der Waals surface area (Å²) in [6.45, 7) is 4.26. The smallest absolute Gasteiger partial charge is 0.0451 e. The highest BCUT2D eigenvalue weighted by Gasteiger charge is 2.22.